The second-order valence-corrected chi connectivity index (χ2v) is 7.51. The van der Waals surface area contributed by atoms with Crippen LogP contribution in [0.4, 0.5) is 5.69 Å². The van der Waals surface area contributed by atoms with Gasteiger partial charge < -0.3 is 14.2 Å². The van der Waals surface area contributed by atoms with Crippen LogP contribution in [0, 0.1) is 0 Å². The Morgan fingerprint density at radius 2 is 1.77 bits per heavy atom. The van der Waals surface area contributed by atoms with Gasteiger partial charge in [0.2, 0.25) is 5.89 Å². The summed E-state index contributed by atoms with van der Waals surface area (Å²) >= 11 is 12.2. The smallest absolute Gasteiger partial charge is 0.291 e. The molecule has 0 atom stereocenters. The number of oxazole rings is 1. The summed E-state index contributed by atoms with van der Waals surface area (Å²) < 4.78 is 11.4. The van der Waals surface area contributed by atoms with Gasteiger partial charge in [0.15, 0.2) is 17.0 Å². The fourth-order valence-electron chi connectivity index (χ4n) is 3.07. The highest BCUT2D eigenvalue weighted by Gasteiger charge is 2.15. The van der Waals surface area contributed by atoms with E-state index in [-0.39, 0.29) is 11.7 Å². The van der Waals surface area contributed by atoms with Crippen LogP contribution >= 0.6 is 23.2 Å². The predicted octanol–water partition coefficient (Wildman–Crippen LogP) is 6.71. The van der Waals surface area contributed by atoms with Gasteiger partial charge in [-0.25, -0.2) is 4.98 Å². The Bertz CT molecular complexity index is 1370. The third-order valence-corrected chi connectivity index (χ3v) is 5.14. The molecule has 0 aliphatic rings. The van der Waals surface area contributed by atoms with Gasteiger partial charge in [0.05, 0.1) is 5.02 Å². The number of nitrogens with zero attached hydrogens (tertiary/aromatic N) is 2. The Labute approximate surface area is 186 Å². The van der Waals surface area contributed by atoms with Gasteiger partial charge in [-0.1, -0.05) is 23.2 Å². The molecule has 152 valence electrons. The predicted molar refractivity (Wildman–Crippen MR) is 119 cm³/mol. The Kier molecular flexibility index (Phi) is 4.94. The van der Waals surface area contributed by atoms with E-state index in [0.717, 1.165) is 5.56 Å². The van der Waals surface area contributed by atoms with Crippen molar-refractivity contribution in [1.82, 2.24) is 9.97 Å². The van der Waals surface area contributed by atoms with Gasteiger partial charge in [0, 0.05) is 28.0 Å². The summed E-state index contributed by atoms with van der Waals surface area (Å²) in [6, 6.07) is 19.0. The van der Waals surface area contributed by atoms with Crippen LogP contribution in [0.25, 0.3) is 34.0 Å². The van der Waals surface area contributed by atoms with Gasteiger partial charge in [-0.2, -0.15) is 4.98 Å². The lowest BCUT2D eigenvalue weighted by atomic mass is 10.2. The number of halogens is 2. The highest BCUT2D eigenvalue weighted by molar-refractivity contribution is 6.35. The number of hydrogen-bond donors (Lipinski definition) is 1. The fourth-order valence-corrected chi connectivity index (χ4v) is 3.46. The van der Waals surface area contributed by atoms with E-state index >= 15 is 0 Å². The number of fused-ring (bicyclic) bond motifs is 1. The Balaban J connectivity index is 1.33. The standard InChI is InChI=1S/C23H13Cl2N3O3/c24-14-5-8-17(25)16(12-14)18-9-10-20(30-18)22(29)27-15-6-3-13(4-7-15)23-28-21-19(31-23)2-1-11-26-21/h1-12H,(H,27,29). The molecule has 0 aliphatic carbocycles. The first-order valence-corrected chi connectivity index (χ1v) is 10.0. The average molecular weight is 450 g/mol. The molecule has 1 amide bonds. The molecule has 0 saturated carbocycles. The number of amides is 1. The molecule has 0 saturated heterocycles. The Morgan fingerprint density at radius 3 is 2.58 bits per heavy atom. The summed E-state index contributed by atoms with van der Waals surface area (Å²) in [5, 5.41) is 3.81. The molecule has 31 heavy (non-hydrogen) atoms. The van der Waals surface area contributed by atoms with Crippen LogP contribution in [0.3, 0.4) is 0 Å². The topological polar surface area (TPSA) is 81.2 Å². The summed E-state index contributed by atoms with van der Waals surface area (Å²) in [6.45, 7) is 0. The molecular weight excluding hydrogens is 437 g/mol. The van der Waals surface area contributed by atoms with E-state index in [4.69, 9.17) is 32.0 Å². The summed E-state index contributed by atoms with van der Waals surface area (Å²) in [4.78, 5) is 21.1. The van der Waals surface area contributed by atoms with Gasteiger partial charge in [-0.05, 0) is 66.7 Å². The number of furan rings is 1. The van der Waals surface area contributed by atoms with Crippen LogP contribution in [0.15, 0.2) is 81.8 Å². The second-order valence-electron chi connectivity index (χ2n) is 6.66. The second kappa shape index (κ2) is 7.91. The van der Waals surface area contributed by atoms with Gasteiger partial charge >= 0.3 is 0 Å². The van der Waals surface area contributed by atoms with Crippen LogP contribution in [0.1, 0.15) is 10.6 Å². The molecule has 0 unspecified atom stereocenters. The summed E-state index contributed by atoms with van der Waals surface area (Å²) in [7, 11) is 0. The molecule has 0 radical (unpaired) electrons. The number of nitrogens with one attached hydrogen (secondary N) is 1. The molecule has 6 nitrogen and oxygen atoms in total. The number of carbonyl (C=O) groups excluding carboxylic acids is 1. The quantitative estimate of drug-likeness (QED) is 0.329. The monoisotopic (exact) mass is 449 g/mol. The van der Waals surface area contributed by atoms with Crippen molar-refractivity contribution in [2.24, 2.45) is 0 Å². The molecule has 8 heteroatoms. The highest BCUT2D eigenvalue weighted by atomic mass is 35.5. The van der Waals surface area contributed by atoms with Crippen LogP contribution in [0.2, 0.25) is 10.0 Å². The summed E-state index contributed by atoms with van der Waals surface area (Å²) in [6.07, 6.45) is 1.66. The van der Waals surface area contributed by atoms with Gasteiger partial charge in [0.1, 0.15) is 5.76 Å². The number of aromatic nitrogens is 2. The van der Waals surface area contributed by atoms with Crippen LogP contribution < -0.4 is 5.32 Å². The summed E-state index contributed by atoms with van der Waals surface area (Å²) in [5.41, 5.74) is 3.14. The van der Waals surface area contributed by atoms with E-state index in [2.05, 4.69) is 15.3 Å². The average Bonchev–Trinajstić information content (AvgIpc) is 3.43. The molecule has 0 bridgehead atoms. The van der Waals surface area contributed by atoms with E-state index in [1.807, 2.05) is 6.07 Å². The Morgan fingerprint density at radius 1 is 0.935 bits per heavy atom. The van der Waals surface area contributed by atoms with Gasteiger partial charge in [-0.15, -0.1) is 0 Å². The molecule has 0 aliphatic heterocycles. The number of pyridine rings is 1. The SMILES string of the molecule is O=C(Nc1ccc(-c2nc3ncccc3o2)cc1)c1ccc(-c2cc(Cl)ccc2Cl)o1. The maximum Gasteiger partial charge on any atom is 0.291 e. The maximum absolute atomic E-state index is 12.6. The molecule has 5 rings (SSSR count). The lowest BCUT2D eigenvalue weighted by molar-refractivity contribution is 0.0997. The van der Waals surface area contributed by atoms with E-state index < -0.39 is 0 Å². The molecule has 3 aromatic heterocycles. The zero-order chi connectivity index (χ0) is 21.4. The fraction of sp³-hybridized carbons (Fsp3) is 0. The van der Waals surface area contributed by atoms with Crippen molar-refractivity contribution in [3.63, 3.8) is 0 Å². The minimum absolute atomic E-state index is 0.153. The molecule has 3 heterocycles. The lowest BCUT2D eigenvalue weighted by Crippen LogP contribution is -2.10. The van der Waals surface area contributed by atoms with Crippen molar-refractivity contribution < 1.29 is 13.6 Å². The van der Waals surface area contributed by atoms with Crippen molar-refractivity contribution in [3.8, 4) is 22.8 Å². The first-order valence-electron chi connectivity index (χ1n) is 9.25. The number of benzene rings is 2. The molecule has 0 spiro atoms. The van der Waals surface area contributed by atoms with E-state index in [0.29, 0.717) is 44.2 Å². The third-order valence-electron chi connectivity index (χ3n) is 4.58. The van der Waals surface area contributed by atoms with Crippen molar-refractivity contribution in [2.45, 2.75) is 0 Å². The van der Waals surface area contributed by atoms with E-state index in [1.165, 1.54) is 0 Å². The number of hydrogen-bond acceptors (Lipinski definition) is 5. The van der Waals surface area contributed by atoms with Crippen LogP contribution in [-0.4, -0.2) is 15.9 Å². The van der Waals surface area contributed by atoms with Gasteiger partial charge in [-0.3, -0.25) is 4.79 Å². The number of rotatable bonds is 4. The Hall–Kier alpha value is -3.61. The van der Waals surface area contributed by atoms with Crippen molar-refractivity contribution >= 4 is 46.0 Å². The van der Waals surface area contributed by atoms with Crippen LogP contribution in [0.5, 0.6) is 0 Å². The zero-order valence-corrected chi connectivity index (χ0v) is 17.3. The first kappa shape index (κ1) is 19.4. The minimum atomic E-state index is -0.386. The number of anilines is 1. The molecule has 5 aromatic rings. The van der Waals surface area contributed by atoms with E-state index in [9.17, 15) is 4.79 Å². The largest absolute Gasteiger partial charge is 0.451 e. The van der Waals surface area contributed by atoms with Crippen molar-refractivity contribution in [3.05, 3.63) is 88.7 Å². The highest BCUT2D eigenvalue weighted by Crippen LogP contribution is 2.32. The van der Waals surface area contributed by atoms with Crippen LogP contribution in [-0.2, 0) is 0 Å². The minimum Gasteiger partial charge on any atom is -0.451 e. The maximum atomic E-state index is 12.6. The first-order chi connectivity index (χ1) is 15.1. The zero-order valence-electron chi connectivity index (χ0n) is 15.8. The number of carbonyl (C=O) groups is 1. The molecule has 0 fully saturated rings. The summed E-state index contributed by atoms with van der Waals surface area (Å²) in [5.74, 6) is 0.682. The van der Waals surface area contributed by atoms with E-state index in [1.54, 1.807) is 66.9 Å². The molecular formula is C23H13Cl2N3O3. The molecule has 1 N–H and O–H groups in total. The lowest BCUT2D eigenvalue weighted by Gasteiger charge is -2.04. The normalized spacial score (nSPS) is 11.0. The van der Waals surface area contributed by atoms with Gasteiger partial charge in [0.25, 0.3) is 5.91 Å². The molecule has 2 aromatic carbocycles. The van der Waals surface area contributed by atoms with Crippen molar-refractivity contribution in [2.75, 3.05) is 5.32 Å². The third kappa shape index (κ3) is 3.91. The van der Waals surface area contributed by atoms with Crippen molar-refractivity contribution in [1.29, 1.82) is 0 Å².